The SMILES string of the molecule is COc1cc(-c2nc(N)nc(=O)[nH]2)ccc1C. The average Bonchev–Trinajstić information content (AvgIpc) is 2.28. The third kappa shape index (κ3) is 2.25. The van der Waals surface area contributed by atoms with E-state index in [2.05, 4.69) is 15.0 Å². The zero-order valence-corrected chi connectivity index (χ0v) is 9.52. The molecule has 0 spiro atoms. The Bertz CT molecular complexity index is 607. The maximum atomic E-state index is 11.2. The number of ether oxygens (including phenoxy) is 1. The lowest BCUT2D eigenvalue weighted by atomic mass is 10.1. The van der Waals surface area contributed by atoms with Gasteiger partial charge in [0.2, 0.25) is 5.95 Å². The second-order valence-electron chi connectivity index (χ2n) is 3.54. The van der Waals surface area contributed by atoms with Gasteiger partial charge in [0.05, 0.1) is 7.11 Å². The third-order valence-electron chi connectivity index (χ3n) is 2.35. The summed E-state index contributed by atoms with van der Waals surface area (Å²) in [4.78, 5) is 21.1. The number of methoxy groups -OCH3 is 1. The molecule has 88 valence electrons. The summed E-state index contributed by atoms with van der Waals surface area (Å²) in [6.45, 7) is 1.93. The van der Waals surface area contributed by atoms with Crippen LogP contribution in [0.3, 0.4) is 0 Å². The summed E-state index contributed by atoms with van der Waals surface area (Å²) < 4.78 is 5.20. The van der Waals surface area contributed by atoms with Crippen LogP contribution in [0.1, 0.15) is 5.56 Å². The van der Waals surface area contributed by atoms with Gasteiger partial charge >= 0.3 is 5.69 Å². The van der Waals surface area contributed by atoms with Crippen molar-refractivity contribution in [3.63, 3.8) is 0 Å². The molecule has 6 heteroatoms. The van der Waals surface area contributed by atoms with Crippen LogP contribution in [0.15, 0.2) is 23.0 Å². The molecule has 0 aliphatic rings. The Morgan fingerprint density at radius 2 is 2.12 bits per heavy atom. The summed E-state index contributed by atoms with van der Waals surface area (Å²) in [5.74, 6) is 1.05. The zero-order valence-electron chi connectivity index (χ0n) is 9.52. The minimum Gasteiger partial charge on any atom is -0.496 e. The number of aromatic amines is 1. The zero-order chi connectivity index (χ0) is 12.4. The molecule has 0 bridgehead atoms. The number of nitrogens with two attached hydrogens (primary N) is 1. The van der Waals surface area contributed by atoms with Crippen molar-refractivity contribution in [2.75, 3.05) is 12.8 Å². The first-order valence-corrected chi connectivity index (χ1v) is 4.99. The monoisotopic (exact) mass is 232 g/mol. The van der Waals surface area contributed by atoms with E-state index in [1.807, 2.05) is 19.1 Å². The van der Waals surface area contributed by atoms with Crippen molar-refractivity contribution in [1.82, 2.24) is 15.0 Å². The second kappa shape index (κ2) is 4.25. The number of hydrogen-bond acceptors (Lipinski definition) is 5. The summed E-state index contributed by atoms with van der Waals surface area (Å²) in [5.41, 5.74) is 6.62. The van der Waals surface area contributed by atoms with Gasteiger partial charge in [-0.15, -0.1) is 0 Å². The number of aromatic nitrogens is 3. The van der Waals surface area contributed by atoms with Crippen LogP contribution in [0.2, 0.25) is 0 Å². The molecule has 0 saturated carbocycles. The van der Waals surface area contributed by atoms with Gasteiger partial charge in [0.15, 0.2) is 0 Å². The highest BCUT2D eigenvalue weighted by Gasteiger charge is 2.06. The van der Waals surface area contributed by atoms with E-state index >= 15 is 0 Å². The predicted molar refractivity (Wildman–Crippen MR) is 63.8 cm³/mol. The third-order valence-corrected chi connectivity index (χ3v) is 2.35. The largest absolute Gasteiger partial charge is 0.496 e. The van der Waals surface area contributed by atoms with E-state index in [1.165, 1.54) is 0 Å². The maximum absolute atomic E-state index is 11.2. The van der Waals surface area contributed by atoms with Crippen molar-refractivity contribution >= 4 is 5.95 Å². The van der Waals surface area contributed by atoms with Gasteiger partial charge in [-0.2, -0.15) is 9.97 Å². The average molecular weight is 232 g/mol. The summed E-state index contributed by atoms with van der Waals surface area (Å²) in [6.07, 6.45) is 0. The van der Waals surface area contributed by atoms with Gasteiger partial charge in [-0.3, -0.25) is 4.98 Å². The molecule has 0 radical (unpaired) electrons. The van der Waals surface area contributed by atoms with Crippen LogP contribution < -0.4 is 16.2 Å². The fraction of sp³-hybridized carbons (Fsp3) is 0.182. The molecule has 2 aromatic rings. The number of aryl methyl sites for hydroxylation is 1. The molecular formula is C11H12N4O2. The van der Waals surface area contributed by atoms with Crippen LogP contribution in [0.25, 0.3) is 11.4 Å². The van der Waals surface area contributed by atoms with Crippen LogP contribution in [0.4, 0.5) is 5.95 Å². The smallest absolute Gasteiger partial charge is 0.349 e. The summed E-state index contributed by atoms with van der Waals surface area (Å²) in [7, 11) is 1.59. The Morgan fingerprint density at radius 1 is 1.35 bits per heavy atom. The van der Waals surface area contributed by atoms with Crippen molar-refractivity contribution in [3.05, 3.63) is 34.2 Å². The van der Waals surface area contributed by atoms with Crippen LogP contribution in [-0.2, 0) is 0 Å². The van der Waals surface area contributed by atoms with E-state index in [4.69, 9.17) is 10.5 Å². The summed E-state index contributed by atoms with van der Waals surface area (Å²) in [5, 5.41) is 0. The number of nitrogens with one attached hydrogen (secondary N) is 1. The van der Waals surface area contributed by atoms with E-state index in [1.54, 1.807) is 13.2 Å². The van der Waals surface area contributed by atoms with Crippen molar-refractivity contribution in [2.24, 2.45) is 0 Å². The van der Waals surface area contributed by atoms with Crippen molar-refractivity contribution < 1.29 is 4.74 Å². The Hall–Kier alpha value is -2.37. The molecule has 1 aromatic carbocycles. The lowest BCUT2D eigenvalue weighted by Gasteiger charge is -2.07. The van der Waals surface area contributed by atoms with Gasteiger partial charge in [-0.1, -0.05) is 12.1 Å². The van der Waals surface area contributed by atoms with E-state index in [-0.39, 0.29) is 5.95 Å². The Balaban J connectivity index is 2.56. The molecule has 17 heavy (non-hydrogen) atoms. The van der Waals surface area contributed by atoms with Gasteiger partial charge < -0.3 is 10.5 Å². The van der Waals surface area contributed by atoms with Crippen molar-refractivity contribution in [1.29, 1.82) is 0 Å². The number of nitrogen functional groups attached to an aromatic ring is 1. The highest BCUT2D eigenvalue weighted by atomic mass is 16.5. The van der Waals surface area contributed by atoms with Gasteiger partial charge in [-0.25, -0.2) is 4.79 Å². The highest BCUT2D eigenvalue weighted by Crippen LogP contribution is 2.24. The van der Waals surface area contributed by atoms with E-state index < -0.39 is 5.69 Å². The van der Waals surface area contributed by atoms with Crippen LogP contribution in [0, 0.1) is 6.92 Å². The van der Waals surface area contributed by atoms with E-state index in [0.29, 0.717) is 5.82 Å². The molecule has 0 fully saturated rings. The quantitative estimate of drug-likeness (QED) is 0.796. The van der Waals surface area contributed by atoms with E-state index in [9.17, 15) is 4.79 Å². The highest BCUT2D eigenvalue weighted by molar-refractivity contribution is 5.59. The number of nitrogens with zero attached hydrogens (tertiary/aromatic N) is 2. The Morgan fingerprint density at radius 3 is 2.76 bits per heavy atom. The molecule has 3 N–H and O–H groups in total. The predicted octanol–water partition coefficient (Wildman–Crippen LogP) is 0.731. The molecule has 1 heterocycles. The second-order valence-corrected chi connectivity index (χ2v) is 3.54. The first-order chi connectivity index (χ1) is 8.10. The number of H-pyrrole nitrogens is 1. The fourth-order valence-electron chi connectivity index (χ4n) is 1.50. The normalized spacial score (nSPS) is 10.2. The van der Waals surface area contributed by atoms with Gasteiger partial charge in [0.25, 0.3) is 0 Å². The number of rotatable bonds is 2. The van der Waals surface area contributed by atoms with Crippen molar-refractivity contribution in [2.45, 2.75) is 6.92 Å². The lowest BCUT2D eigenvalue weighted by Crippen LogP contribution is -2.15. The minimum absolute atomic E-state index is 0.0525. The van der Waals surface area contributed by atoms with Crippen LogP contribution >= 0.6 is 0 Å². The maximum Gasteiger partial charge on any atom is 0.349 e. The van der Waals surface area contributed by atoms with Crippen molar-refractivity contribution in [3.8, 4) is 17.1 Å². The minimum atomic E-state index is -0.521. The molecule has 2 rings (SSSR count). The van der Waals surface area contributed by atoms with Crippen LogP contribution in [0.5, 0.6) is 5.75 Å². The number of benzene rings is 1. The van der Waals surface area contributed by atoms with Gasteiger partial charge in [0, 0.05) is 5.56 Å². The molecule has 6 nitrogen and oxygen atoms in total. The number of hydrogen-bond donors (Lipinski definition) is 2. The molecule has 1 aromatic heterocycles. The molecule has 0 saturated heterocycles. The fourth-order valence-corrected chi connectivity index (χ4v) is 1.50. The summed E-state index contributed by atoms with van der Waals surface area (Å²) in [6, 6.07) is 5.49. The Kier molecular flexibility index (Phi) is 2.78. The molecule has 0 atom stereocenters. The molecule has 0 unspecified atom stereocenters. The topological polar surface area (TPSA) is 93.9 Å². The number of anilines is 1. The van der Waals surface area contributed by atoms with Crippen LogP contribution in [-0.4, -0.2) is 22.1 Å². The van der Waals surface area contributed by atoms with Gasteiger partial charge in [-0.05, 0) is 18.6 Å². The van der Waals surface area contributed by atoms with E-state index in [0.717, 1.165) is 16.9 Å². The summed E-state index contributed by atoms with van der Waals surface area (Å²) >= 11 is 0. The lowest BCUT2D eigenvalue weighted by molar-refractivity contribution is 0.412. The molecule has 0 amide bonds. The first-order valence-electron chi connectivity index (χ1n) is 4.99. The standard InChI is InChI=1S/C11H12N4O2/c1-6-3-4-7(5-8(6)17-2)9-13-10(12)15-11(16)14-9/h3-5H,1-2H3,(H3,12,13,14,15,16). The van der Waals surface area contributed by atoms with Gasteiger partial charge in [0.1, 0.15) is 11.6 Å². The molecule has 0 aliphatic carbocycles. The first kappa shape index (κ1) is 11.1. The Labute approximate surface area is 97.5 Å². The molecule has 0 aliphatic heterocycles. The molecular weight excluding hydrogens is 220 g/mol.